The molecule has 114 valence electrons. The second kappa shape index (κ2) is 6.77. The molecule has 2 atom stereocenters. The molecule has 2 unspecified atom stereocenters. The number of piperazine rings is 1. The maximum Gasteiger partial charge on any atom is 0.250 e. The zero-order valence-corrected chi connectivity index (χ0v) is 14.8. The summed E-state index contributed by atoms with van der Waals surface area (Å²) in [7, 11) is 0. The minimum Gasteiger partial charge on any atom is -0.342 e. The molecule has 1 saturated heterocycles. The summed E-state index contributed by atoms with van der Waals surface area (Å²) in [6, 6.07) is 6.91. The predicted octanol–water partition coefficient (Wildman–Crippen LogP) is 2.95. The van der Waals surface area contributed by atoms with Crippen molar-refractivity contribution in [3.05, 3.63) is 27.8 Å². The number of carbonyl (C=O) groups is 2. The Morgan fingerprint density at radius 2 is 2.05 bits per heavy atom. The van der Waals surface area contributed by atoms with E-state index in [4.69, 9.17) is 0 Å². The van der Waals surface area contributed by atoms with E-state index in [0.717, 1.165) is 9.26 Å². The van der Waals surface area contributed by atoms with Gasteiger partial charge in [-0.1, -0.05) is 26.8 Å². The highest BCUT2D eigenvalue weighted by atomic mass is 127. The molecule has 2 amide bonds. The quantitative estimate of drug-likeness (QED) is 0.791. The van der Waals surface area contributed by atoms with E-state index in [1.54, 1.807) is 4.90 Å². The number of benzene rings is 1. The van der Waals surface area contributed by atoms with Gasteiger partial charge in [-0.3, -0.25) is 14.5 Å². The van der Waals surface area contributed by atoms with Crippen molar-refractivity contribution >= 4 is 40.1 Å². The number of halogens is 1. The van der Waals surface area contributed by atoms with E-state index in [1.165, 1.54) is 0 Å². The third-order valence-corrected chi connectivity index (χ3v) is 4.32. The molecule has 21 heavy (non-hydrogen) atoms. The van der Waals surface area contributed by atoms with Gasteiger partial charge in [-0.05, 0) is 59.5 Å². The van der Waals surface area contributed by atoms with Crippen molar-refractivity contribution in [3.8, 4) is 0 Å². The predicted molar refractivity (Wildman–Crippen MR) is 92.1 cm³/mol. The minimum atomic E-state index is -0.418. The Balaban J connectivity index is 2.37. The lowest BCUT2D eigenvalue weighted by Gasteiger charge is -2.39. The summed E-state index contributed by atoms with van der Waals surface area (Å²) in [6.07, 6.45) is 1.28. The van der Waals surface area contributed by atoms with Gasteiger partial charge >= 0.3 is 0 Å². The first-order valence-electron chi connectivity index (χ1n) is 7.33. The number of nitrogens with one attached hydrogen (secondary N) is 1. The Labute approximate surface area is 139 Å². The van der Waals surface area contributed by atoms with Crippen molar-refractivity contribution in [2.45, 2.75) is 45.7 Å². The topological polar surface area (TPSA) is 49.4 Å². The van der Waals surface area contributed by atoms with Crippen LogP contribution in [-0.4, -0.2) is 23.9 Å². The molecule has 0 spiro atoms. The summed E-state index contributed by atoms with van der Waals surface area (Å²) < 4.78 is 1.05. The lowest BCUT2D eigenvalue weighted by molar-refractivity contribution is -0.134. The maximum absolute atomic E-state index is 12.8. The summed E-state index contributed by atoms with van der Waals surface area (Å²) in [5.74, 6) is 0.300. The molecule has 0 aliphatic carbocycles. The van der Waals surface area contributed by atoms with Gasteiger partial charge in [0.15, 0.2) is 0 Å². The van der Waals surface area contributed by atoms with Gasteiger partial charge < -0.3 is 5.32 Å². The first kappa shape index (κ1) is 16.3. The highest BCUT2D eigenvalue weighted by Crippen LogP contribution is 2.26. The molecule has 4 nitrogen and oxygen atoms in total. The van der Waals surface area contributed by atoms with E-state index in [9.17, 15) is 9.59 Å². The SMILES string of the molecule is CCC1C(=O)NC(CC(C)C)C(=O)N1c1cccc(I)c1. The van der Waals surface area contributed by atoms with Crippen molar-refractivity contribution in [3.63, 3.8) is 0 Å². The van der Waals surface area contributed by atoms with Crippen molar-refractivity contribution in [2.24, 2.45) is 5.92 Å². The second-order valence-corrected chi connectivity index (χ2v) is 7.05. The molecule has 1 aromatic rings. The van der Waals surface area contributed by atoms with E-state index < -0.39 is 12.1 Å². The number of nitrogens with zero attached hydrogens (tertiary/aromatic N) is 1. The summed E-state index contributed by atoms with van der Waals surface area (Å²) in [4.78, 5) is 26.8. The molecule has 1 aromatic carbocycles. The highest BCUT2D eigenvalue weighted by molar-refractivity contribution is 14.1. The van der Waals surface area contributed by atoms with Crippen LogP contribution in [0.3, 0.4) is 0 Å². The van der Waals surface area contributed by atoms with Gasteiger partial charge in [-0.15, -0.1) is 0 Å². The molecular weight excluding hydrogens is 379 g/mol. The number of amides is 2. The molecule has 1 aliphatic heterocycles. The normalized spacial score (nSPS) is 22.6. The molecular formula is C16H21IN2O2. The molecule has 0 saturated carbocycles. The Hall–Kier alpha value is -1.11. The third kappa shape index (κ3) is 3.56. The van der Waals surface area contributed by atoms with Gasteiger partial charge in [0.2, 0.25) is 11.8 Å². The highest BCUT2D eigenvalue weighted by Gasteiger charge is 2.40. The number of hydrogen-bond acceptors (Lipinski definition) is 2. The van der Waals surface area contributed by atoms with Crippen LogP contribution in [0.25, 0.3) is 0 Å². The zero-order valence-electron chi connectivity index (χ0n) is 12.6. The average Bonchev–Trinajstić information content (AvgIpc) is 2.41. The molecule has 1 heterocycles. The van der Waals surface area contributed by atoms with Crippen LogP contribution >= 0.6 is 22.6 Å². The van der Waals surface area contributed by atoms with Gasteiger partial charge in [0.25, 0.3) is 0 Å². The fourth-order valence-electron chi connectivity index (χ4n) is 2.70. The van der Waals surface area contributed by atoms with Crippen molar-refractivity contribution in [1.29, 1.82) is 0 Å². The first-order valence-corrected chi connectivity index (χ1v) is 8.41. The summed E-state index contributed by atoms with van der Waals surface area (Å²) in [6.45, 7) is 6.05. The van der Waals surface area contributed by atoms with Gasteiger partial charge in [-0.2, -0.15) is 0 Å². The molecule has 1 N–H and O–H groups in total. The fraction of sp³-hybridized carbons (Fsp3) is 0.500. The number of anilines is 1. The van der Waals surface area contributed by atoms with Crippen LogP contribution in [0.15, 0.2) is 24.3 Å². The van der Waals surface area contributed by atoms with Gasteiger partial charge in [0.1, 0.15) is 12.1 Å². The van der Waals surface area contributed by atoms with E-state index in [0.29, 0.717) is 18.8 Å². The summed E-state index contributed by atoms with van der Waals surface area (Å²) >= 11 is 2.22. The summed E-state index contributed by atoms with van der Waals surface area (Å²) in [5.41, 5.74) is 0.808. The molecule has 1 aliphatic rings. The second-order valence-electron chi connectivity index (χ2n) is 5.80. The Kier molecular flexibility index (Phi) is 5.24. The van der Waals surface area contributed by atoms with Gasteiger partial charge in [-0.25, -0.2) is 0 Å². The molecule has 0 radical (unpaired) electrons. The van der Waals surface area contributed by atoms with Crippen LogP contribution in [0, 0.1) is 9.49 Å². The van der Waals surface area contributed by atoms with Crippen molar-refractivity contribution in [2.75, 3.05) is 4.90 Å². The van der Waals surface area contributed by atoms with E-state index in [1.807, 2.05) is 31.2 Å². The minimum absolute atomic E-state index is 0.00264. The molecule has 1 fully saturated rings. The Morgan fingerprint density at radius 3 is 2.62 bits per heavy atom. The number of rotatable bonds is 4. The smallest absolute Gasteiger partial charge is 0.250 e. The van der Waals surface area contributed by atoms with E-state index in [-0.39, 0.29) is 11.8 Å². The molecule has 0 bridgehead atoms. The van der Waals surface area contributed by atoms with Crippen molar-refractivity contribution in [1.82, 2.24) is 5.32 Å². The van der Waals surface area contributed by atoms with Crippen LogP contribution in [0.1, 0.15) is 33.6 Å². The van der Waals surface area contributed by atoms with Crippen LogP contribution in [0.4, 0.5) is 5.69 Å². The number of carbonyl (C=O) groups excluding carboxylic acids is 2. The van der Waals surface area contributed by atoms with Crippen LogP contribution < -0.4 is 10.2 Å². The molecule has 5 heteroatoms. The van der Waals surface area contributed by atoms with Crippen LogP contribution in [0.5, 0.6) is 0 Å². The van der Waals surface area contributed by atoms with Crippen LogP contribution in [-0.2, 0) is 9.59 Å². The largest absolute Gasteiger partial charge is 0.342 e. The summed E-state index contributed by atoms with van der Waals surface area (Å²) in [5, 5.41) is 2.88. The van der Waals surface area contributed by atoms with Crippen molar-refractivity contribution < 1.29 is 9.59 Å². The Morgan fingerprint density at radius 1 is 1.33 bits per heavy atom. The van der Waals surface area contributed by atoms with E-state index in [2.05, 4.69) is 41.8 Å². The Bertz CT molecular complexity index is 545. The van der Waals surface area contributed by atoms with E-state index >= 15 is 0 Å². The van der Waals surface area contributed by atoms with Gasteiger partial charge in [0.05, 0.1) is 0 Å². The maximum atomic E-state index is 12.8. The first-order chi connectivity index (χ1) is 9.93. The monoisotopic (exact) mass is 400 g/mol. The third-order valence-electron chi connectivity index (χ3n) is 3.65. The lowest BCUT2D eigenvalue weighted by Crippen LogP contribution is -2.63. The number of hydrogen-bond donors (Lipinski definition) is 1. The molecule has 2 rings (SSSR count). The fourth-order valence-corrected chi connectivity index (χ4v) is 3.23. The standard InChI is InChI=1S/C16H21IN2O2/c1-4-14-15(20)18-13(8-10(2)3)16(21)19(14)12-7-5-6-11(17)9-12/h5-7,9-10,13-14H,4,8H2,1-3H3,(H,18,20). The molecule has 0 aromatic heterocycles. The lowest BCUT2D eigenvalue weighted by atomic mass is 9.97. The average molecular weight is 400 g/mol. The van der Waals surface area contributed by atoms with Gasteiger partial charge in [0, 0.05) is 9.26 Å². The zero-order chi connectivity index (χ0) is 15.6. The van der Waals surface area contributed by atoms with Crippen LogP contribution in [0.2, 0.25) is 0 Å².